The Balaban J connectivity index is 2.09. The molecule has 6 heteroatoms. The van der Waals surface area contributed by atoms with Crippen LogP contribution in [0.3, 0.4) is 0 Å². The standard InChI is InChI=1S/C16H15FN4O/c1-11(22)14-8-12(17)2-3-13(14)16-15(19-4-5-20-16)9-21-7-6-18-10-21/h2-8,10-11,22H,9H2,1H3/t11-/m1/s1. The maximum absolute atomic E-state index is 13.5. The number of hydrogen-bond donors (Lipinski definition) is 1. The molecule has 0 saturated carbocycles. The molecule has 1 N–H and O–H groups in total. The Kier molecular flexibility index (Phi) is 3.93. The maximum Gasteiger partial charge on any atom is 0.123 e. The van der Waals surface area contributed by atoms with Crippen LogP contribution in [0.4, 0.5) is 4.39 Å². The van der Waals surface area contributed by atoms with Gasteiger partial charge in [0.2, 0.25) is 0 Å². The average Bonchev–Trinajstić information content (AvgIpc) is 3.01. The highest BCUT2D eigenvalue weighted by molar-refractivity contribution is 5.66. The van der Waals surface area contributed by atoms with E-state index in [-0.39, 0.29) is 5.82 Å². The Bertz CT molecular complexity index is 772. The highest BCUT2D eigenvalue weighted by Gasteiger charge is 2.16. The fourth-order valence-corrected chi connectivity index (χ4v) is 2.36. The molecule has 0 aliphatic rings. The van der Waals surface area contributed by atoms with E-state index in [9.17, 15) is 9.50 Å². The Morgan fingerprint density at radius 2 is 2.05 bits per heavy atom. The minimum Gasteiger partial charge on any atom is -0.389 e. The van der Waals surface area contributed by atoms with Gasteiger partial charge in [-0.25, -0.2) is 9.37 Å². The lowest BCUT2D eigenvalue weighted by atomic mass is 9.99. The van der Waals surface area contributed by atoms with Crippen LogP contribution in [-0.4, -0.2) is 24.6 Å². The highest BCUT2D eigenvalue weighted by atomic mass is 19.1. The van der Waals surface area contributed by atoms with Crippen molar-refractivity contribution in [3.05, 3.63) is 66.4 Å². The fraction of sp³-hybridized carbons (Fsp3) is 0.188. The molecule has 22 heavy (non-hydrogen) atoms. The minimum absolute atomic E-state index is 0.389. The molecule has 0 fully saturated rings. The lowest BCUT2D eigenvalue weighted by Gasteiger charge is -2.14. The molecular weight excluding hydrogens is 283 g/mol. The first-order valence-corrected chi connectivity index (χ1v) is 6.88. The highest BCUT2D eigenvalue weighted by Crippen LogP contribution is 2.29. The van der Waals surface area contributed by atoms with Crippen LogP contribution in [0.15, 0.2) is 49.3 Å². The van der Waals surface area contributed by atoms with Crippen LogP contribution in [0.2, 0.25) is 0 Å². The van der Waals surface area contributed by atoms with Crippen molar-refractivity contribution < 1.29 is 9.50 Å². The molecule has 0 bridgehead atoms. The third-order valence-electron chi connectivity index (χ3n) is 3.38. The van der Waals surface area contributed by atoms with Gasteiger partial charge in [0.25, 0.3) is 0 Å². The second-order valence-corrected chi connectivity index (χ2v) is 4.99. The van der Waals surface area contributed by atoms with E-state index in [1.165, 1.54) is 12.1 Å². The molecule has 0 aliphatic carbocycles. The lowest BCUT2D eigenvalue weighted by molar-refractivity contribution is 0.199. The molecule has 1 atom stereocenters. The van der Waals surface area contributed by atoms with Crippen LogP contribution >= 0.6 is 0 Å². The number of imidazole rings is 1. The minimum atomic E-state index is -0.797. The summed E-state index contributed by atoms with van der Waals surface area (Å²) >= 11 is 0. The number of rotatable bonds is 4. The molecule has 5 nitrogen and oxygen atoms in total. The number of aliphatic hydroxyl groups excluding tert-OH is 1. The first-order valence-electron chi connectivity index (χ1n) is 6.88. The Morgan fingerprint density at radius 3 is 2.77 bits per heavy atom. The number of nitrogens with zero attached hydrogens (tertiary/aromatic N) is 4. The molecule has 3 rings (SSSR count). The van der Waals surface area contributed by atoms with Crippen molar-refractivity contribution in [2.24, 2.45) is 0 Å². The first kappa shape index (κ1) is 14.3. The Hall–Kier alpha value is -2.60. The predicted octanol–water partition coefficient (Wildman–Crippen LogP) is 2.58. The molecule has 0 unspecified atom stereocenters. The summed E-state index contributed by atoms with van der Waals surface area (Å²) < 4.78 is 15.3. The van der Waals surface area contributed by atoms with Gasteiger partial charge < -0.3 is 9.67 Å². The van der Waals surface area contributed by atoms with Crippen molar-refractivity contribution in [1.82, 2.24) is 19.5 Å². The third kappa shape index (κ3) is 2.87. The molecule has 3 aromatic rings. The molecule has 112 valence electrons. The van der Waals surface area contributed by atoms with Crippen LogP contribution in [0.5, 0.6) is 0 Å². The number of hydrogen-bond acceptors (Lipinski definition) is 4. The number of aliphatic hydroxyl groups is 1. The first-order chi connectivity index (χ1) is 10.6. The van der Waals surface area contributed by atoms with E-state index in [2.05, 4.69) is 15.0 Å². The number of halogens is 1. The molecular formula is C16H15FN4O. The number of aromatic nitrogens is 4. The van der Waals surface area contributed by atoms with Gasteiger partial charge in [0.15, 0.2) is 0 Å². The van der Waals surface area contributed by atoms with Crippen LogP contribution in [0, 0.1) is 5.82 Å². The van der Waals surface area contributed by atoms with Gasteiger partial charge in [0.05, 0.1) is 30.4 Å². The largest absolute Gasteiger partial charge is 0.389 e. The van der Waals surface area contributed by atoms with Gasteiger partial charge in [0, 0.05) is 30.4 Å². The summed E-state index contributed by atoms with van der Waals surface area (Å²) in [6.45, 7) is 2.10. The maximum atomic E-state index is 13.5. The zero-order chi connectivity index (χ0) is 15.5. The molecule has 0 spiro atoms. The van der Waals surface area contributed by atoms with E-state index in [0.29, 0.717) is 23.4 Å². The molecule has 2 aromatic heterocycles. The zero-order valence-corrected chi connectivity index (χ0v) is 12.0. The predicted molar refractivity (Wildman–Crippen MR) is 79.4 cm³/mol. The lowest BCUT2D eigenvalue weighted by Crippen LogP contribution is -2.05. The Labute approximate surface area is 127 Å². The van der Waals surface area contributed by atoms with Crippen molar-refractivity contribution in [3.8, 4) is 11.3 Å². The van der Waals surface area contributed by atoms with Crippen molar-refractivity contribution in [1.29, 1.82) is 0 Å². The van der Waals surface area contributed by atoms with E-state index in [1.807, 2.05) is 10.8 Å². The fourth-order valence-electron chi connectivity index (χ4n) is 2.36. The monoisotopic (exact) mass is 298 g/mol. The molecule has 0 radical (unpaired) electrons. The van der Waals surface area contributed by atoms with E-state index in [0.717, 1.165) is 5.69 Å². The van der Waals surface area contributed by atoms with Crippen LogP contribution in [0.1, 0.15) is 24.3 Å². The van der Waals surface area contributed by atoms with Gasteiger partial charge in [-0.15, -0.1) is 0 Å². The third-order valence-corrected chi connectivity index (χ3v) is 3.38. The van der Waals surface area contributed by atoms with Gasteiger partial charge in [-0.2, -0.15) is 0 Å². The average molecular weight is 298 g/mol. The van der Waals surface area contributed by atoms with Gasteiger partial charge in [-0.3, -0.25) is 9.97 Å². The summed E-state index contributed by atoms with van der Waals surface area (Å²) in [4.78, 5) is 12.7. The SMILES string of the molecule is C[C@@H](O)c1cc(F)ccc1-c1nccnc1Cn1ccnc1. The summed E-state index contributed by atoms with van der Waals surface area (Å²) in [6.07, 6.45) is 7.62. The smallest absolute Gasteiger partial charge is 0.123 e. The van der Waals surface area contributed by atoms with E-state index in [1.54, 1.807) is 37.9 Å². The molecule has 1 aromatic carbocycles. The molecule has 0 aliphatic heterocycles. The molecule has 2 heterocycles. The normalized spacial score (nSPS) is 12.3. The van der Waals surface area contributed by atoms with Crippen LogP contribution < -0.4 is 0 Å². The number of benzene rings is 1. The summed E-state index contributed by atoms with van der Waals surface area (Å²) in [5.41, 5.74) is 2.54. The summed E-state index contributed by atoms with van der Waals surface area (Å²) in [7, 11) is 0. The second kappa shape index (κ2) is 6.03. The van der Waals surface area contributed by atoms with Gasteiger partial charge in [-0.1, -0.05) is 0 Å². The van der Waals surface area contributed by atoms with Gasteiger partial charge in [-0.05, 0) is 30.7 Å². The van der Waals surface area contributed by atoms with Gasteiger partial charge in [0.1, 0.15) is 5.82 Å². The van der Waals surface area contributed by atoms with Crippen molar-refractivity contribution in [2.45, 2.75) is 19.6 Å². The van der Waals surface area contributed by atoms with E-state index < -0.39 is 6.10 Å². The van der Waals surface area contributed by atoms with Crippen LogP contribution in [0.25, 0.3) is 11.3 Å². The van der Waals surface area contributed by atoms with Crippen molar-refractivity contribution in [2.75, 3.05) is 0 Å². The van der Waals surface area contributed by atoms with Crippen molar-refractivity contribution in [3.63, 3.8) is 0 Å². The summed E-state index contributed by atoms with van der Waals surface area (Å²) in [6, 6.07) is 4.31. The van der Waals surface area contributed by atoms with Crippen molar-refractivity contribution >= 4 is 0 Å². The summed E-state index contributed by atoms with van der Waals surface area (Å²) in [5.74, 6) is -0.389. The van der Waals surface area contributed by atoms with Gasteiger partial charge >= 0.3 is 0 Å². The van der Waals surface area contributed by atoms with Crippen LogP contribution in [-0.2, 0) is 6.54 Å². The van der Waals surface area contributed by atoms with E-state index >= 15 is 0 Å². The van der Waals surface area contributed by atoms with E-state index in [4.69, 9.17) is 0 Å². The Morgan fingerprint density at radius 1 is 1.23 bits per heavy atom. The topological polar surface area (TPSA) is 63.8 Å². The molecule has 0 saturated heterocycles. The molecule has 0 amide bonds. The zero-order valence-electron chi connectivity index (χ0n) is 12.0. The summed E-state index contributed by atoms with van der Waals surface area (Å²) in [5, 5.41) is 9.91. The quantitative estimate of drug-likeness (QED) is 0.804. The second-order valence-electron chi connectivity index (χ2n) is 4.99.